The van der Waals surface area contributed by atoms with E-state index in [4.69, 9.17) is 0 Å². The van der Waals surface area contributed by atoms with Crippen LogP contribution in [0.25, 0.3) is 0 Å². The first-order valence-corrected chi connectivity index (χ1v) is 7.52. The maximum absolute atomic E-state index is 12.1. The summed E-state index contributed by atoms with van der Waals surface area (Å²) < 4.78 is 2.74. The highest BCUT2D eigenvalue weighted by atomic mass is 79.9. The molecule has 1 aromatic heterocycles. The Kier molecular flexibility index (Phi) is 5.01. The third kappa shape index (κ3) is 3.97. The van der Waals surface area contributed by atoms with Crippen molar-refractivity contribution in [2.75, 3.05) is 0 Å². The first-order chi connectivity index (χ1) is 9.56. The minimum Gasteiger partial charge on any atom is -0.348 e. The van der Waals surface area contributed by atoms with Crippen LogP contribution < -0.4 is 5.32 Å². The molecule has 106 valence electrons. The maximum Gasteiger partial charge on any atom is 0.268 e. The van der Waals surface area contributed by atoms with Gasteiger partial charge in [-0.3, -0.25) is 4.79 Å². The summed E-state index contributed by atoms with van der Waals surface area (Å²) in [6.45, 7) is 2.04. The summed E-state index contributed by atoms with van der Waals surface area (Å²) in [6.07, 6.45) is 3.78. The van der Waals surface area contributed by atoms with Gasteiger partial charge in [0, 0.05) is 23.8 Å². The summed E-state index contributed by atoms with van der Waals surface area (Å²) in [6, 6.07) is 12.3. The molecule has 0 spiro atoms. The molecule has 0 bridgehead atoms. The summed E-state index contributed by atoms with van der Waals surface area (Å²) in [4.78, 5) is 12.1. The van der Waals surface area contributed by atoms with Gasteiger partial charge in [-0.1, -0.05) is 30.3 Å². The number of amides is 1. The van der Waals surface area contributed by atoms with Gasteiger partial charge in [-0.25, -0.2) is 0 Å². The Bertz CT molecular complexity index is 577. The van der Waals surface area contributed by atoms with Crippen molar-refractivity contribution in [2.24, 2.45) is 7.05 Å². The van der Waals surface area contributed by atoms with Crippen molar-refractivity contribution >= 4 is 21.8 Å². The van der Waals surface area contributed by atoms with E-state index in [2.05, 4.69) is 33.4 Å². The Hall–Kier alpha value is -1.55. The molecule has 0 aliphatic heterocycles. The van der Waals surface area contributed by atoms with Crippen LogP contribution in [-0.2, 0) is 13.5 Å². The van der Waals surface area contributed by atoms with Crippen LogP contribution in [0.5, 0.6) is 0 Å². The highest BCUT2D eigenvalue weighted by Gasteiger charge is 2.13. The van der Waals surface area contributed by atoms with Crippen LogP contribution in [0.1, 0.15) is 29.4 Å². The van der Waals surface area contributed by atoms with E-state index >= 15 is 0 Å². The van der Waals surface area contributed by atoms with Crippen molar-refractivity contribution in [2.45, 2.75) is 25.8 Å². The topological polar surface area (TPSA) is 34.0 Å². The monoisotopic (exact) mass is 334 g/mol. The van der Waals surface area contributed by atoms with Crippen LogP contribution in [-0.4, -0.2) is 16.5 Å². The second-order valence-corrected chi connectivity index (χ2v) is 5.97. The van der Waals surface area contributed by atoms with Gasteiger partial charge in [-0.2, -0.15) is 0 Å². The predicted octanol–water partition coefficient (Wildman–Crippen LogP) is 3.54. The fourth-order valence-electron chi connectivity index (χ4n) is 2.15. The van der Waals surface area contributed by atoms with Crippen molar-refractivity contribution in [1.29, 1.82) is 0 Å². The van der Waals surface area contributed by atoms with Gasteiger partial charge in [0.2, 0.25) is 0 Å². The van der Waals surface area contributed by atoms with E-state index in [1.807, 2.05) is 49.0 Å². The molecule has 0 saturated heterocycles. The Labute approximate surface area is 128 Å². The standard InChI is InChI=1S/C16H19BrN2O/c1-12(8-9-13-6-4-3-5-7-13)18-16(20)15-10-14(17)11-19(15)2/h3-7,10-12H,8-9H2,1-2H3,(H,18,20). The lowest BCUT2D eigenvalue weighted by Gasteiger charge is -2.14. The highest BCUT2D eigenvalue weighted by molar-refractivity contribution is 9.10. The van der Waals surface area contributed by atoms with Crippen molar-refractivity contribution < 1.29 is 4.79 Å². The number of carbonyl (C=O) groups is 1. The SMILES string of the molecule is CC(CCc1ccccc1)NC(=O)c1cc(Br)cn1C. The van der Waals surface area contributed by atoms with Crippen LogP contribution in [0.3, 0.4) is 0 Å². The van der Waals surface area contributed by atoms with Crippen molar-refractivity contribution in [3.63, 3.8) is 0 Å². The fraction of sp³-hybridized carbons (Fsp3) is 0.312. The molecule has 1 heterocycles. The molecule has 1 aromatic carbocycles. The van der Waals surface area contributed by atoms with Gasteiger partial charge in [0.25, 0.3) is 5.91 Å². The zero-order chi connectivity index (χ0) is 14.5. The molecule has 1 N–H and O–H groups in total. The molecule has 4 heteroatoms. The Morgan fingerprint density at radius 1 is 1.35 bits per heavy atom. The molecule has 0 aliphatic carbocycles. The van der Waals surface area contributed by atoms with Gasteiger partial charge in [-0.15, -0.1) is 0 Å². The largest absolute Gasteiger partial charge is 0.348 e. The first-order valence-electron chi connectivity index (χ1n) is 6.73. The lowest BCUT2D eigenvalue weighted by atomic mass is 10.1. The zero-order valence-corrected chi connectivity index (χ0v) is 13.4. The van der Waals surface area contributed by atoms with Gasteiger partial charge in [0.1, 0.15) is 5.69 Å². The minimum atomic E-state index is -0.0289. The quantitative estimate of drug-likeness (QED) is 0.891. The Balaban J connectivity index is 1.87. The Morgan fingerprint density at radius 2 is 2.05 bits per heavy atom. The predicted molar refractivity (Wildman–Crippen MR) is 84.8 cm³/mol. The summed E-state index contributed by atoms with van der Waals surface area (Å²) in [7, 11) is 1.87. The number of carbonyl (C=O) groups excluding carboxylic acids is 1. The average Bonchev–Trinajstić information content (AvgIpc) is 2.77. The highest BCUT2D eigenvalue weighted by Crippen LogP contribution is 2.14. The van der Waals surface area contributed by atoms with Gasteiger partial charge in [0.15, 0.2) is 0 Å². The molecule has 0 fully saturated rings. The smallest absolute Gasteiger partial charge is 0.268 e. The normalized spacial score (nSPS) is 12.2. The molecule has 1 unspecified atom stereocenters. The first kappa shape index (κ1) is 14.9. The van der Waals surface area contributed by atoms with Crippen molar-refractivity contribution in [1.82, 2.24) is 9.88 Å². The van der Waals surface area contributed by atoms with Crippen molar-refractivity contribution in [3.05, 3.63) is 58.3 Å². The molecule has 1 atom stereocenters. The van der Waals surface area contributed by atoms with Gasteiger partial charge in [0.05, 0.1) is 0 Å². The molecule has 0 radical (unpaired) electrons. The van der Waals surface area contributed by atoms with Gasteiger partial charge >= 0.3 is 0 Å². The summed E-state index contributed by atoms with van der Waals surface area (Å²) >= 11 is 3.38. The van der Waals surface area contributed by atoms with Crippen LogP contribution in [0.4, 0.5) is 0 Å². The van der Waals surface area contributed by atoms with Crippen LogP contribution in [0.15, 0.2) is 47.1 Å². The van der Waals surface area contributed by atoms with Crippen LogP contribution in [0, 0.1) is 0 Å². The molecule has 1 amide bonds. The van der Waals surface area contributed by atoms with Gasteiger partial charge in [-0.05, 0) is 47.3 Å². The van der Waals surface area contributed by atoms with Crippen molar-refractivity contribution in [3.8, 4) is 0 Å². The summed E-state index contributed by atoms with van der Waals surface area (Å²) in [5, 5.41) is 3.04. The Morgan fingerprint density at radius 3 is 2.65 bits per heavy atom. The number of nitrogens with one attached hydrogen (secondary N) is 1. The molecular weight excluding hydrogens is 316 g/mol. The molecule has 2 rings (SSSR count). The third-order valence-corrected chi connectivity index (χ3v) is 3.72. The number of aromatic nitrogens is 1. The van der Waals surface area contributed by atoms with E-state index in [1.165, 1.54) is 5.56 Å². The van der Waals surface area contributed by atoms with Crippen LogP contribution >= 0.6 is 15.9 Å². The van der Waals surface area contributed by atoms with Gasteiger partial charge < -0.3 is 9.88 Å². The summed E-state index contributed by atoms with van der Waals surface area (Å²) in [5.41, 5.74) is 1.97. The number of hydrogen-bond donors (Lipinski definition) is 1. The maximum atomic E-state index is 12.1. The second kappa shape index (κ2) is 6.75. The molecule has 20 heavy (non-hydrogen) atoms. The minimum absolute atomic E-state index is 0.0289. The number of benzene rings is 1. The van der Waals surface area contributed by atoms with E-state index < -0.39 is 0 Å². The molecule has 0 saturated carbocycles. The molecule has 3 nitrogen and oxygen atoms in total. The summed E-state index contributed by atoms with van der Waals surface area (Å²) in [5.74, 6) is -0.0289. The molecule has 2 aromatic rings. The van der Waals surface area contributed by atoms with Crippen LogP contribution in [0.2, 0.25) is 0 Å². The zero-order valence-electron chi connectivity index (χ0n) is 11.8. The van der Waals surface area contributed by atoms with E-state index in [0.29, 0.717) is 5.69 Å². The number of rotatable bonds is 5. The molecule has 0 aliphatic rings. The van der Waals surface area contributed by atoms with E-state index in [-0.39, 0.29) is 11.9 Å². The van der Waals surface area contributed by atoms with E-state index in [9.17, 15) is 4.79 Å². The fourth-order valence-corrected chi connectivity index (χ4v) is 2.67. The lowest BCUT2D eigenvalue weighted by Crippen LogP contribution is -2.33. The number of nitrogens with zero attached hydrogens (tertiary/aromatic N) is 1. The number of halogens is 1. The number of hydrogen-bond acceptors (Lipinski definition) is 1. The number of aryl methyl sites for hydroxylation is 2. The second-order valence-electron chi connectivity index (χ2n) is 5.05. The van der Waals surface area contributed by atoms with E-state index in [0.717, 1.165) is 17.3 Å². The third-order valence-electron chi connectivity index (χ3n) is 3.29. The van der Waals surface area contributed by atoms with E-state index in [1.54, 1.807) is 0 Å². The lowest BCUT2D eigenvalue weighted by molar-refractivity contribution is 0.0930. The average molecular weight is 335 g/mol. The molecular formula is C16H19BrN2O.